The molecule has 30 heavy (non-hydrogen) atoms. The van der Waals surface area contributed by atoms with Gasteiger partial charge in [0.15, 0.2) is 0 Å². The first-order valence-electron chi connectivity index (χ1n) is 9.86. The van der Waals surface area contributed by atoms with E-state index in [2.05, 4.69) is 10.5 Å². The van der Waals surface area contributed by atoms with Crippen molar-refractivity contribution in [2.45, 2.75) is 33.1 Å². The molecule has 0 radical (unpaired) electrons. The zero-order valence-electron chi connectivity index (χ0n) is 16.9. The number of aryl methyl sites for hydroxylation is 2. The summed E-state index contributed by atoms with van der Waals surface area (Å²) < 4.78 is 11.3. The van der Waals surface area contributed by atoms with Crippen molar-refractivity contribution in [1.29, 1.82) is 0 Å². The maximum absolute atomic E-state index is 12.6. The van der Waals surface area contributed by atoms with Crippen LogP contribution in [0.15, 0.2) is 64.1 Å². The summed E-state index contributed by atoms with van der Waals surface area (Å²) in [7, 11) is 0. The van der Waals surface area contributed by atoms with Gasteiger partial charge in [-0.1, -0.05) is 35.9 Å². The number of nitrogens with zero attached hydrogens (tertiary/aromatic N) is 1. The number of ether oxygens (including phenoxy) is 1. The molecule has 2 aromatic carbocycles. The third-order valence-corrected chi connectivity index (χ3v) is 5.04. The highest BCUT2D eigenvalue weighted by Crippen LogP contribution is 2.30. The second kappa shape index (κ2) is 8.37. The predicted octanol–water partition coefficient (Wildman–Crippen LogP) is 4.59. The molecule has 4 rings (SSSR count). The average molecular weight is 402 g/mol. The van der Waals surface area contributed by atoms with Crippen molar-refractivity contribution in [2.75, 3.05) is 0 Å². The summed E-state index contributed by atoms with van der Waals surface area (Å²) in [4.78, 5) is 25.1. The molecule has 0 saturated carbocycles. The maximum atomic E-state index is 12.6. The minimum absolute atomic E-state index is 0.170. The van der Waals surface area contributed by atoms with Gasteiger partial charge in [-0.15, -0.1) is 0 Å². The summed E-state index contributed by atoms with van der Waals surface area (Å²) in [6, 6.07) is 16.2. The van der Waals surface area contributed by atoms with Crippen molar-refractivity contribution in [3.05, 3.63) is 88.4 Å². The Morgan fingerprint density at radius 1 is 1.03 bits per heavy atom. The van der Waals surface area contributed by atoms with Gasteiger partial charge in [0.25, 0.3) is 5.91 Å². The Balaban J connectivity index is 1.57. The fourth-order valence-corrected chi connectivity index (χ4v) is 3.59. The van der Waals surface area contributed by atoms with Gasteiger partial charge in [-0.3, -0.25) is 4.79 Å². The van der Waals surface area contributed by atoms with Gasteiger partial charge in [0, 0.05) is 23.1 Å². The number of benzene rings is 2. The maximum Gasteiger partial charge on any atom is 0.379 e. The van der Waals surface area contributed by atoms with Crippen LogP contribution in [0, 0.1) is 13.8 Å². The topological polar surface area (TPSA) is 80.9 Å². The summed E-state index contributed by atoms with van der Waals surface area (Å²) >= 11 is 0. The number of hydrogen-bond donors (Lipinski definition) is 1. The molecule has 0 saturated heterocycles. The Bertz CT molecular complexity index is 1130. The zero-order chi connectivity index (χ0) is 21.1. The van der Waals surface area contributed by atoms with Gasteiger partial charge in [0.1, 0.15) is 11.5 Å². The molecule has 1 N–H and O–H groups in total. The van der Waals surface area contributed by atoms with Crippen LogP contribution in [0.25, 0.3) is 0 Å². The first kappa shape index (κ1) is 19.6. The summed E-state index contributed by atoms with van der Waals surface area (Å²) in [6.45, 7) is 3.74. The van der Waals surface area contributed by atoms with Crippen LogP contribution >= 0.6 is 0 Å². The molecule has 0 atom stereocenters. The number of nitrogens with one attached hydrogen (secondary N) is 1. The largest absolute Gasteiger partial charge is 0.453 e. The number of carbonyl (C=O) groups excluding carboxylic acids is 2. The molecule has 152 valence electrons. The van der Waals surface area contributed by atoms with Crippen molar-refractivity contribution in [1.82, 2.24) is 5.43 Å². The Kier molecular flexibility index (Phi) is 5.48. The lowest BCUT2D eigenvalue weighted by atomic mass is 9.93. The number of carbonyl (C=O) groups is 2. The highest BCUT2D eigenvalue weighted by Gasteiger charge is 2.29. The van der Waals surface area contributed by atoms with Crippen molar-refractivity contribution >= 4 is 17.6 Å². The van der Waals surface area contributed by atoms with E-state index in [-0.39, 0.29) is 11.7 Å². The number of amides is 1. The summed E-state index contributed by atoms with van der Waals surface area (Å²) in [5, 5.41) is 4.35. The number of hydrazone groups is 1. The predicted molar refractivity (Wildman–Crippen MR) is 113 cm³/mol. The molecule has 1 aromatic heterocycles. The lowest BCUT2D eigenvalue weighted by Crippen LogP contribution is -2.22. The molecule has 3 aromatic rings. The van der Waals surface area contributed by atoms with E-state index < -0.39 is 5.97 Å². The molecule has 0 unspecified atom stereocenters. The molecule has 1 aliphatic carbocycles. The molecule has 1 heterocycles. The van der Waals surface area contributed by atoms with Crippen molar-refractivity contribution < 1.29 is 18.7 Å². The molecule has 0 aliphatic heterocycles. The van der Waals surface area contributed by atoms with Gasteiger partial charge in [-0.2, -0.15) is 5.10 Å². The molecule has 0 bridgehead atoms. The molecule has 0 fully saturated rings. The van der Waals surface area contributed by atoms with Gasteiger partial charge < -0.3 is 9.15 Å². The second-order valence-electron chi connectivity index (χ2n) is 7.28. The third kappa shape index (κ3) is 4.03. The van der Waals surface area contributed by atoms with E-state index in [1.807, 2.05) is 38.1 Å². The van der Waals surface area contributed by atoms with Crippen molar-refractivity contribution in [3.8, 4) is 5.75 Å². The monoisotopic (exact) mass is 402 g/mol. The van der Waals surface area contributed by atoms with E-state index in [0.717, 1.165) is 17.5 Å². The molecule has 1 aliphatic rings. The van der Waals surface area contributed by atoms with Crippen LogP contribution in [0.2, 0.25) is 0 Å². The minimum atomic E-state index is -0.545. The highest BCUT2D eigenvalue weighted by atomic mass is 16.5. The Morgan fingerprint density at radius 2 is 1.83 bits per heavy atom. The average Bonchev–Trinajstić information content (AvgIpc) is 3.10. The third-order valence-electron chi connectivity index (χ3n) is 5.04. The van der Waals surface area contributed by atoms with Crippen LogP contribution < -0.4 is 10.2 Å². The zero-order valence-corrected chi connectivity index (χ0v) is 16.9. The van der Waals surface area contributed by atoms with Gasteiger partial charge in [-0.25, -0.2) is 10.2 Å². The Morgan fingerprint density at radius 3 is 2.60 bits per heavy atom. The number of furan rings is 1. The van der Waals surface area contributed by atoms with Gasteiger partial charge >= 0.3 is 5.97 Å². The van der Waals surface area contributed by atoms with Crippen LogP contribution in [0.4, 0.5) is 0 Å². The SMILES string of the molecule is Cc1cccc(C(=O)N/N=C2\CCCc3oc(C(=O)Oc4ccccc4)c(C)c32)c1. The minimum Gasteiger partial charge on any atom is -0.453 e. The van der Waals surface area contributed by atoms with Crippen LogP contribution in [0.5, 0.6) is 5.75 Å². The fourth-order valence-electron chi connectivity index (χ4n) is 3.59. The van der Waals surface area contributed by atoms with Gasteiger partial charge in [0.2, 0.25) is 5.76 Å². The standard InChI is InChI=1S/C24H22N2O4/c1-15-8-6-9-17(14-15)23(27)26-25-19-12-7-13-20-21(19)16(2)22(30-20)24(28)29-18-10-4-3-5-11-18/h3-6,8-11,14H,7,12-13H2,1-2H3,(H,26,27)/b25-19+. The van der Waals surface area contributed by atoms with Crippen LogP contribution in [-0.2, 0) is 6.42 Å². The first-order valence-corrected chi connectivity index (χ1v) is 9.86. The van der Waals surface area contributed by atoms with Crippen LogP contribution in [0.3, 0.4) is 0 Å². The van der Waals surface area contributed by atoms with Gasteiger partial charge in [-0.05, 0) is 51.0 Å². The molecule has 6 nitrogen and oxygen atoms in total. The Labute approximate surface area is 174 Å². The molecular weight excluding hydrogens is 380 g/mol. The summed E-state index contributed by atoms with van der Waals surface area (Å²) in [6.07, 6.45) is 2.22. The molecular formula is C24H22N2O4. The smallest absolute Gasteiger partial charge is 0.379 e. The van der Waals surface area contributed by atoms with E-state index in [1.54, 1.807) is 30.3 Å². The van der Waals surface area contributed by atoms with E-state index in [0.29, 0.717) is 41.2 Å². The Hall–Kier alpha value is -3.67. The fraction of sp³-hybridized carbons (Fsp3) is 0.208. The quantitative estimate of drug-likeness (QED) is 0.393. The van der Waals surface area contributed by atoms with Gasteiger partial charge in [0.05, 0.1) is 5.71 Å². The second-order valence-corrected chi connectivity index (χ2v) is 7.28. The number of esters is 1. The number of para-hydroxylation sites is 1. The van der Waals surface area contributed by atoms with Crippen LogP contribution in [-0.4, -0.2) is 17.6 Å². The van der Waals surface area contributed by atoms with Crippen molar-refractivity contribution in [3.63, 3.8) is 0 Å². The highest BCUT2D eigenvalue weighted by molar-refractivity contribution is 6.06. The van der Waals surface area contributed by atoms with E-state index in [4.69, 9.17) is 9.15 Å². The van der Waals surface area contributed by atoms with Crippen molar-refractivity contribution in [2.24, 2.45) is 5.10 Å². The van der Waals surface area contributed by atoms with Crippen LogP contribution in [0.1, 0.15) is 56.2 Å². The molecule has 1 amide bonds. The number of fused-ring (bicyclic) bond motifs is 1. The summed E-state index contributed by atoms with van der Waals surface area (Å²) in [5.74, 6) is 0.501. The van der Waals surface area contributed by atoms with E-state index in [9.17, 15) is 9.59 Å². The number of hydrogen-bond acceptors (Lipinski definition) is 5. The normalized spacial score (nSPS) is 14.3. The molecule has 6 heteroatoms. The van der Waals surface area contributed by atoms with E-state index >= 15 is 0 Å². The lowest BCUT2D eigenvalue weighted by molar-refractivity contribution is 0.0698. The lowest BCUT2D eigenvalue weighted by Gasteiger charge is -2.13. The summed E-state index contributed by atoms with van der Waals surface area (Å²) in [5.41, 5.74) is 6.35. The van der Waals surface area contributed by atoms with E-state index in [1.165, 1.54) is 0 Å². The molecule has 0 spiro atoms. The first-order chi connectivity index (χ1) is 14.5. The number of rotatable bonds is 4.